The topological polar surface area (TPSA) is 133 Å². The summed E-state index contributed by atoms with van der Waals surface area (Å²) in [5.41, 5.74) is 5.45. The van der Waals surface area contributed by atoms with Crippen molar-refractivity contribution in [3.63, 3.8) is 0 Å². The Labute approximate surface area is 115 Å². The van der Waals surface area contributed by atoms with Crippen LogP contribution in [-0.4, -0.2) is 33.4 Å². The Hall–Kier alpha value is -2.23. The molecule has 1 fully saturated rings. The maximum absolute atomic E-state index is 12.7. The molecule has 1 aromatic rings. The Balaban J connectivity index is 2.39. The Morgan fingerprint density at radius 3 is 2.90 bits per heavy atom. The molecule has 1 aliphatic heterocycles. The molecule has 0 aliphatic carbocycles. The lowest BCUT2D eigenvalue weighted by Crippen LogP contribution is -2.34. The zero-order valence-electron chi connectivity index (χ0n) is 10.5. The largest absolute Gasteiger partial charge is 0.394 e. The summed E-state index contributed by atoms with van der Waals surface area (Å²) in [6.07, 6.45) is -4.18. The number of rotatable bonds is 4. The molecule has 114 valence electrons. The summed E-state index contributed by atoms with van der Waals surface area (Å²) < 4.78 is 31.5. The number of H-pyrrole nitrogens is 1. The molecule has 9 nitrogen and oxygen atoms in total. The van der Waals surface area contributed by atoms with Gasteiger partial charge in [0.2, 0.25) is 0 Å². The Bertz CT molecular complexity index is 681. The van der Waals surface area contributed by atoms with E-state index in [0.29, 0.717) is 6.20 Å². The summed E-state index contributed by atoms with van der Waals surface area (Å²) in [6, 6.07) is -0.737. The number of nitrogens with one attached hydrogen (secondary N) is 1. The number of aliphatic hydroxyl groups excluding tert-OH is 1. The average Bonchev–Trinajstić information content (AvgIpc) is 2.81. The van der Waals surface area contributed by atoms with Gasteiger partial charge >= 0.3 is 5.69 Å². The Kier molecular flexibility index (Phi) is 4.36. The first-order valence-electron chi connectivity index (χ1n) is 5.92. The molecule has 0 saturated carbocycles. The summed E-state index contributed by atoms with van der Waals surface area (Å²) in [7, 11) is 0. The molecule has 2 rings (SSSR count). The van der Waals surface area contributed by atoms with Crippen LogP contribution >= 0.6 is 0 Å². The van der Waals surface area contributed by atoms with E-state index in [1.54, 1.807) is 4.98 Å². The van der Waals surface area contributed by atoms with Gasteiger partial charge in [-0.3, -0.25) is 14.3 Å². The Morgan fingerprint density at radius 2 is 2.33 bits per heavy atom. The summed E-state index contributed by atoms with van der Waals surface area (Å²) >= 11 is 0. The first-order chi connectivity index (χ1) is 9.97. The number of alkyl halides is 2. The van der Waals surface area contributed by atoms with Gasteiger partial charge in [0.25, 0.3) is 12.0 Å². The minimum Gasteiger partial charge on any atom is -0.394 e. The molecule has 0 radical (unpaired) electrons. The van der Waals surface area contributed by atoms with E-state index in [2.05, 4.69) is 10.0 Å². The van der Waals surface area contributed by atoms with Gasteiger partial charge < -0.3 is 9.84 Å². The predicted molar refractivity (Wildman–Crippen MR) is 64.8 cm³/mol. The number of aromatic amines is 1. The van der Waals surface area contributed by atoms with Crippen molar-refractivity contribution in [3.05, 3.63) is 43.0 Å². The van der Waals surface area contributed by atoms with Gasteiger partial charge in [0.15, 0.2) is 0 Å². The van der Waals surface area contributed by atoms with Crippen LogP contribution in [0.5, 0.6) is 0 Å². The molecule has 2 N–H and O–H groups in total. The summed E-state index contributed by atoms with van der Waals surface area (Å²) in [6.45, 7) is -0.458. The third-order valence-corrected chi connectivity index (χ3v) is 3.12. The van der Waals surface area contributed by atoms with Gasteiger partial charge in [-0.15, -0.1) is 0 Å². The first-order valence-corrected chi connectivity index (χ1v) is 5.92. The minimum atomic E-state index is -3.05. The quantitative estimate of drug-likeness (QED) is 0.474. The number of nitrogens with zero attached hydrogens (tertiary/aromatic N) is 4. The van der Waals surface area contributed by atoms with E-state index in [1.807, 2.05) is 0 Å². The van der Waals surface area contributed by atoms with Crippen LogP contribution in [0, 0.1) is 0 Å². The van der Waals surface area contributed by atoms with Crippen LogP contribution < -0.4 is 11.2 Å². The normalized spacial score (nSPS) is 25.0. The highest BCUT2D eigenvalue weighted by molar-refractivity contribution is 5.06. The van der Waals surface area contributed by atoms with E-state index in [1.165, 1.54) is 0 Å². The lowest BCUT2D eigenvalue weighted by atomic mass is 10.1. The Morgan fingerprint density at radius 1 is 1.62 bits per heavy atom. The zero-order chi connectivity index (χ0) is 15.6. The van der Waals surface area contributed by atoms with E-state index < -0.39 is 48.2 Å². The van der Waals surface area contributed by atoms with Crippen LogP contribution in [0.1, 0.15) is 24.6 Å². The van der Waals surface area contributed by atoms with Gasteiger partial charge in [-0.1, -0.05) is 5.11 Å². The van der Waals surface area contributed by atoms with Crippen LogP contribution in [0.3, 0.4) is 0 Å². The maximum Gasteiger partial charge on any atom is 0.330 e. The molecule has 0 unspecified atom stereocenters. The van der Waals surface area contributed by atoms with Crippen molar-refractivity contribution in [1.82, 2.24) is 9.55 Å². The van der Waals surface area contributed by atoms with E-state index in [9.17, 15) is 18.4 Å². The number of hydrogen-bond donors (Lipinski definition) is 2. The standard InChI is InChI=1S/C10H11F2N5O4/c11-8(12)4-2-17(10(20)14-9(4)19)7-1-5(15-16-13)6(3-18)21-7/h2,5-8,18H,1,3H2,(H,14,19,20)/t5-,6+,7+/m0/s1. The van der Waals surface area contributed by atoms with Crippen LogP contribution in [0.25, 0.3) is 10.4 Å². The van der Waals surface area contributed by atoms with Crippen LogP contribution in [0.4, 0.5) is 8.78 Å². The number of halogens is 2. The second-order valence-electron chi connectivity index (χ2n) is 4.37. The van der Waals surface area contributed by atoms with Gasteiger partial charge in [0.1, 0.15) is 6.23 Å². The van der Waals surface area contributed by atoms with Crippen molar-refractivity contribution in [1.29, 1.82) is 0 Å². The van der Waals surface area contributed by atoms with Gasteiger partial charge in [-0.25, -0.2) is 13.6 Å². The van der Waals surface area contributed by atoms with Gasteiger partial charge in [0.05, 0.1) is 24.3 Å². The molecular weight excluding hydrogens is 292 g/mol. The van der Waals surface area contributed by atoms with Crippen molar-refractivity contribution in [2.75, 3.05) is 6.61 Å². The number of aromatic nitrogens is 2. The zero-order valence-corrected chi connectivity index (χ0v) is 10.5. The smallest absolute Gasteiger partial charge is 0.330 e. The second-order valence-corrected chi connectivity index (χ2v) is 4.37. The molecule has 0 amide bonds. The molecule has 0 spiro atoms. The average molecular weight is 303 g/mol. The fourth-order valence-electron chi connectivity index (χ4n) is 2.11. The summed E-state index contributed by atoms with van der Waals surface area (Å²) in [5.74, 6) is 0. The minimum absolute atomic E-state index is 0.0178. The lowest BCUT2D eigenvalue weighted by Gasteiger charge is -2.15. The highest BCUT2D eigenvalue weighted by Gasteiger charge is 2.36. The highest BCUT2D eigenvalue weighted by atomic mass is 19.3. The van der Waals surface area contributed by atoms with Crippen LogP contribution in [0.15, 0.2) is 20.9 Å². The van der Waals surface area contributed by atoms with Crippen LogP contribution in [0.2, 0.25) is 0 Å². The number of hydrogen-bond acceptors (Lipinski definition) is 5. The van der Waals surface area contributed by atoms with Crippen molar-refractivity contribution in [2.24, 2.45) is 5.11 Å². The molecule has 11 heteroatoms. The fraction of sp³-hybridized carbons (Fsp3) is 0.600. The molecule has 0 aromatic carbocycles. The van der Waals surface area contributed by atoms with E-state index in [-0.39, 0.29) is 6.42 Å². The number of ether oxygens (including phenoxy) is 1. The van der Waals surface area contributed by atoms with Crippen molar-refractivity contribution in [3.8, 4) is 0 Å². The molecule has 1 saturated heterocycles. The summed E-state index contributed by atoms with van der Waals surface area (Å²) in [4.78, 5) is 27.3. The molecule has 2 heterocycles. The van der Waals surface area contributed by atoms with Crippen LogP contribution in [-0.2, 0) is 4.74 Å². The van der Waals surface area contributed by atoms with Gasteiger partial charge in [0, 0.05) is 17.5 Å². The highest BCUT2D eigenvalue weighted by Crippen LogP contribution is 2.30. The third-order valence-electron chi connectivity index (χ3n) is 3.12. The SMILES string of the molecule is [N-]=[N+]=N[C@H]1C[C@H](n2cc(C(F)F)c(=O)[nH]c2=O)O[C@@H]1CO. The molecular formula is C10H11F2N5O4. The van der Waals surface area contributed by atoms with Crippen molar-refractivity contribution < 1.29 is 18.6 Å². The predicted octanol–water partition coefficient (Wildman–Crippen LogP) is 0.433. The first kappa shape index (κ1) is 15.2. The monoisotopic (exact) mass is 303 g/mol. The third kappa shape index (κ3) is 2.94. The van der Waals surface area contributed by atoms with Gasteiger partial charge in [-0.05, 0) is 5.53 Å². The van der Waals surface area contributed by atoms with E-state index >= 15 is 0 Å². The van der Waals surface area contributed by atoms with Gasteiger partial charge in [-0.2, -0.15) is 0 Å². The molecule has 21 heavy (non-hydrogen) atoms. The molecule has 3 atom stereocenters. The van der Waals surface area contributed by atoms with Crippen molar-refractivity contribution >= 4 is 0 Å². The fourth-order valence-corrected chi connectivity index (χ4v) is 2.11. The van der Waals surface area contributed by atoms with E-state index in [4.69, 9.17) is 15.4 Å². The summed E-state index contributed by atoms with van der Waals surface area (Å²) in [5, 5.41) is 12.5. The molecule has 0 bridgehead atoms. The number of aliphatic hydroxyl groups is 1. The number of azide groups is 1. The molecule has 1 aliphatic rings. The second kappa shape index (κ2) is 6.04. The van der Waals surface area contributed by atoms with E-state index in [0.717, 1.165) is 4.57 Å². The molecule has 1 aromatic heterocycles. The van der Waals surface area contributed by atoms with Crippen molar-refractivity contribution in [2.45, 2.75) is 31.2 Å². The maximum atomic E-state index is 12.7. The lowest BCUT2D eigenvalue weighted by molar-refractivity contribution is -0.0275.